The van der Waals surface area contributed by atoms with E-state index in [9.17, 15) is 14.7 Å². The third-order valence-electron chi connectivity index (χ3n) is 3.41. The zero-order valence-corrected chi connectivity index (χ0v) is 14.9. The molecule has 1 amide bonds. The van der Waals surface area contributed by atoms with Crippen LogP contribution in [0.2, 0.25) is 5.02 Å². The molecule has 0 saturated carbocycles. The Morgan fingerprint density at radius 2 is 2.11 bits per heavy atom. The van der Waals surface area contributed by atoms with Gasteiger partial charge in [0.25, 0.3) is 0 Å². The van der Waals surface area contributed by atoms with Crippen LogP contribution in [0, 0.1) is 5.41 Å². The van der Waals surface area contributed by atoms with Gasteiger partial charge in [-0.15, -0.1) is 0 Å². The van der Waals surface area contributed by atoms with Crippen molar-refractivity contribution in [1.82, 2.24) is 4.90 Å². The number of carbonyl (C=O) groups excluding carboxylic acids is 2. The van der Waals surface area contributed by atoms with E-state index in [0.29, 0.717) is 18.1 Å². The van der Waals surface area contributed by atoms with Crippen LogP contribution in [-0.4, -0.2) is 23.3 Å². The molecule has 0 bridgehead atoms. The Hall–Kier alpha value is 0.0864. The Labute approximate surface area is 159 Å². The molecule has 1 atom stereocenters. The number of carboxylic acids is 1. The number of halogens is 1. The summed E-state index contributed by atoms with van der Waals surface area (Å²) in [5, 5.41) is 11.6. The van der Waals surface area contributed by atoms with Crippen LogP contribution in [0.4, 0.5) is 0 Å². The van der Waals surface area contributed by atoms with Crippen LogP contribution in [0.15, 0.2) is 24.3 Å². The molecule has 4 nitrogen and oxygen atoms in total. The molecule has 1 heterocycles. The third-order valence-corrected chi connectivity index (χ3v) is 3.78. The number of benzene rings is 1. The van der Waals surface area contributed by atoms with Gasteiger partial charge in [0.1, 0.15) is 0 Å². The fourth-order valence-electron chi connectivity index (χ4n) is 2.09. The van der Waals surface area contributed by atoms with Crippen LogP contribution in [0.25, 0.3) is 0 Å². The quantitative estimate of drug-likeness (QED) is 0.472. The van der Waals surface area contributed by atoms with Crippen molar-refractivity contribution in [2.45, 2.75) is 19.9 Å². The van der Waals surface area contributed by atoms with Crippen molar-refractivity contribution in [3.05, 3.63) is 34.9 Å². The number of hydrogen-bond donors (Lipinski definition) is 0. The van der Waals surface area contributed by atoms with Gasteiger partial charge in [-0.25, -0.2) is 0 Å². The van der Waals surface area contributed by atoms with E-state index < -0.39 is 17.3 Å². The SMILES string of the molecule is CC1(C(=O)[O-])CCN(Cc2ccccc2Cl)C1=O.[K+]. The van der Waals surface area contributed by atoms with Gasteiger partial charge in [-0.3, -0.25) is 4.79 Å². The number of carbonyl (C=O) groups is 2. The normalized spacial score (nSPS) is 22.2. The van der Waals surface area contributed by atoms with Gasteiger partial charge in [-0.2, -0.15) is 0 Å². The molecule has 1 aromatic rings. The maximum Gasteiger partial charge on any atom is 1.00 e. The average molecular weight is 306 g/mol. The first-order valence-electron chi connectivity index (χ1n) is 5.69. The van der Waals surface area contributed by atoms with E-state index in [1.54, 1.807) is 6.07 Å². The summed E-state index contributed by atoms with van der Waals surface area (Å²) in [6.07, 6.45) is 0.276. The first-order valence-corrected chi connectivity index (χ1v) is 6.07. The summed E-state index contributed by atoms with van der Waals surface area (Å²) in [4.78, 5) is 24.6. The standard InChI is InChI=1S/C13H14ClNO3.K/c1-13(12(17)18)6-7-15(11(13)16)8-9-4-2-3-5-10(9)14;/h2-5H,6-8H2,1H3,(H,17,18);/q;+1/p-1. The van der Waals surface area contributed by atoms with Crippen molar-refractivity contribution in [3.8, 4) is 0 Å². The predicted molar refractivity (Wildman–Crippen MR) is 64.6 cm³/mol. The Morgan fingerprint density at radius 3 is 2.63 bits per heavy atom. The Bertz CT molecular complexity index is 508. The molecule has 96 valence electrons. The van der Waals surface area contributed by atoms with Crippen LogP contribution < -0.4 is 56.5 Å². The molecule has 1 fully saturated rings. The minimum Gasteiger partial charge on any atom is -0.549 e. The van der Waals surface area contributed by atoms with E-state index in [0.717, 1.165) is 5.56 Å². The summed E-state index contributed by atoms with van der Waals surface area (Å²) in [6.45, 7) is 2.16. The number of amides is 1. The summed E-state index contributed by atoms with van der Waals surface area (Å²) in [7, 11) is 0. The minimum atomic E-state index is -1.40. The predicted octanol–water partition coefficient (Wildman–Crippen LogP) is -2.17. The van der Waals surface area contributed by atoms with Crippen molar-refractivity contribution < 1.29 is 66.1 Å². The van der Waals surface area contributed by atoms with Crippen molar-refractivity contribution in [3.63, 3.8) is 0 Å². The Morgan fingerprint density at radius 1 is 1.47 bits per heavy atom. The second-order valence-corrected chi connectivity index (χ2v) is 5.09. The first-order chi connectivity index (χ1) is 8.45. The van der Waals surface area contributed by atoms with Crippen molar-refractivity contribution >= 4 is 23.5 Å². The molecular formula is C13H13ClKNO3. The van der Waals surface area contributed by atoms with E-state index in [2.05, 4.69) is 0 Å². The van der Waals surface area contributed by atoms with Gasteiger partial charge in [0, 0.05) is 18.1 Å². The van der Waals surface area contributed by atoms with Gasteiger partial charge in [-0.05, 0) is 25.0 Å². The molecule has 6 heteroatoms. The summed E-state index contributed by atoms with van der Waals surface area (Å²) in [5.41, 5.74) is -0.587. The molecule has 0 aliphatic carbocycles. The zero-order valence-electron chi connectivity index (χ0n) is 11.0. The van der Waals surface area contributed by atoms with Gasteiger partial charge in [-0.1, -0.05) is 29.8 Å². The molecule has 1 aliphatic rings. The number of hydrogen-bond acceptors (Lipinski definition) is 3. The number of aliphatic carboxylic acids is 1. The molecule has 0 radical (unpaired) electrons. The molecule has 1 saturated heterocycles. The Balaban J connectivity index is 0.00000180. The van der Waals surface area contributed by atoms with Crippen LogP contribution in [0.5, 0.6) is 0 Å². The van der Waals surface area contributed by atoms with Gasteiger partial charge in [0.15, 0.2) is 0 Å². The fraction of sp³-hybridized carbons (Fsp3) is 0.385. The van der Waals surface area contributed by atoms with E-state index in [1.165, 1.54) is 11.8 Å². The van der Waals surface area contributed by atoms with E-state index in [1.807, 2.05) is 18.2 Å². The molecule has 1 aliphatic heterocycles. The van der Waals surface area contributed by atoms with Crippen LogP contribution in [0.3, 0.4) is 0 Å². The summed E-state index contributed by atoms with van der Waals surface area (Å²) in [6, 6.07) is 7.21. The summed E-state index contributed by atoms with van der Waals surface area (Å²) in [5.74, 6) is -1.71. The van der Waals surface area contributed by atoms with Gasteiger partial charge >= 0.3 is 51.4 Å². The van der Waals surface area contributed by atoms with E-state index in [4.69, 9.17) is 11.6 Å². The van der Waals surface area contributed by atoms with Crippen LogP contribution >= 0.6 is 11.6 Å². The average Bonchev–Trinajstić information content (AvgIpc) is 2.62. The monoisotopic (exact) mass is 305 g/mol. The minimum absolute atomic E-state index is 0. The van der Waals surface area contributed by atoms with E-state index in [-0.39, 0.29) is 57.8 Å². The van der Waals surface area contributed by atoms with Crippen molar-refractivity contribution in [2.75, 3.05) is 6.54 Å². The van der Waals surface area contributed by atoms with Crippen LogP contribution in [-0.2, 0) is 16.1 Å². The van der Waals surface area contributed by atoms with Crippen molar-refractivity contribution in [1.29, 1.82) is 0 Å². The molecule has 0 N–H and O–H groups in total. The number of nitrogens with zero attached hydrogens (tertiary/aromatic N) is 1. The van der Waals surface area contributed by atoms with Crippen molar-refractivity contribution in [2.24, 2.45) is 5.41 Å². The van der Waals surface area contributed by atoms with E-state index >= 15 is 0 Å². The third kappa shape index (κ3) is 3.40. The molecule has 1 aromatic carbocycles. The Kier molecular flexibility index (Phi) is 6.04. The smallest absolute Gasteiger partial charge is 0.549 e. The summed E-state index contributed by atoms with van der Waals surface area (Å²) >= 11 is 6.02. The molecule has 19 heavy (non-hydrogen) atoms. The molecule has 2 rings (SSSR count). The van der Waals surface area contributed by atoms with Crippen LogP contribution in [0.1, 0.15) is 18.9 Å². The first kappa shape index (κ1) is 17.1. The molecule has 1 unspecified atom stereocenters. The topological polar surface area (TPSA) is 60.4 Å². The maximum absolute atomic E-state index is 12.0. The molecule has 0 spiro atoms. The second-order valence-electron chi connectivity index (χ2n) is 4.69. The molecule has 0 aromatic heterocycles. The molecular weight excluding hydrogens is 293 g/mol. The van der Waals surface area contributed by atoms with Gasteiger partial charge in [0.05, 0.1) is 11.4 Å². The fourth-order valence-corrected chi connectivity index (χ4v) is 2.28. The largest absolute Gasteiger partial charge is 1.00 e. The van der Waals surface area contributed by atoms with Gasteiger partial charge < -0.3 is 14.8 Å². The summed E-state index contributed by atoms with van der Waals surface area (Å²) < 4.78 is 0. The number of carboxylic acid groups (broad SMARTS) is 1. The maximum atomic E-state index is 12.0. The van der Waals surface area contributed by atoms with Gasteiger partial charge in [0.2, 0.25) is 5.91 Å². The number of rotatable bonds is 3. The zero-order chi connectivity index (χ0) is 13.3. The number of likely N-dealkylation sites (tertiary alicyclic amines) is 1. The second kappa shape index (κ2) is 6.69.